The maximum Gasteiger partial charge on any atom is 0.232 e. The minimum Gasteiger partial charge on any atom is -0.326 e. The van der Waals surface area contributed by atoms with Gasteiger partial charge in [-0.15, -0.1) is 0 Å². The Balaban J connectivity index is 2.00. The summed E-state index contributed by atoms with van der Waals surface area (Å²) >= 11 is 0. The Morgan fingerprint density at radius 3 is 2.23 bits per heavy atom. The normalized spacial score (nSPS) is 11.2. The number of carbonyl (C=O) groups excluding carboxylic acids is 1. The van der Waals surface area contributed by atoms with E-state index in [4.69, 9.17) is 0 Å². The van der Waals surface area contributed by atoms with Gasteiger partial charge >= 0.3 is 0 Å². The zero-order valence-corrected chi connectivity index (χ0v) is 16.6. The van der Waals surface area contributed by atoms with Crippen LogP contribution in [0.2, 0.25) is 0 Å². The molecule has 0 saturated carbocycles. The third-order valence-corrected chi connectivity index (χ3v) is 5.39. The van der Waals surface area contributed by atoms with Crippen molar-refractivity contribution in [2.75, 3.05) is 22.4 Å². The molecule has 2 aromatic carbocycles. The number of sulfonamides is 1. The van der Waals surface area contributed by atoms with Crippen LogP contribution in [0.3, 0.4) is 0 Å². The summed E-state index contributed by atoms with van der Waals surface area (Å²) in [6.07, 6.45) is 1.88. The van der Waals surface area contributed by atoms with Crippen LogP contribution in [0.15, 0.2) is 42.5 Å². The van der Waals surface area contributed by atoms with Crippen LogP contribution >= 0.6 is 0 Å². The second kappa shape index (κ2) is 8.36. The van der Waals surface area contributed by atoms with Crippen molar-refractivity contribution in [3.8, 4) is 0 Å². The second-order valence-corrected chi connectivity index (χ2v) is 8.50. The Kier molecular flexibility index (Phi) is 6.42. The van der Waals surface area contributed by atoms with E-state index in [-0.39, 0.29) is 18.9 Å². The summed E-state index contributed by atoms with van der Waals surface area (Å²) in [5, 5.41) is 2.93. The summed E-state index contributed by atoms with van der Waals surface area (Å²) in [4.78, 5) is 12.3. The third kappa shape index (κ3) is 5.33. The van der Waals surface area contributed by atoms with E-state index >= 15 is 0 Å². The molecule has 5 nitrogen and oxygen atoms in total. The van der Waals surface area contributed by atoms with E-state index < -0.39 is 10.0 Å². The smallest absolute Gasteiger partial charge is 0.232 e. The first kappa shape index (κ1) is 20.0. The van der Waals surface area contributed by atoms with Crippen LogP contribution in [0.4, 0.5) is 11.4 Å². The number of para-hydroxylation sites is 1. The lowest BCUT2D eigenvalue weighted by molar-refractivity contribution is -0.116. The van der Waals surface area contributed by atoms with Gasteiger partial charge in [0.2, 0.25) is 15.9 Å². The van der Waals surface area contributed by atoms with Crippen molar-refractivity contribution in [2.24, 2.45) is 0 Å². The zero-order chi connectivity index (χ0) is 19.3. The van der Waals surface area contributed by atoms with Gasteiger partial charge in [0.1, 0.15) is 0 Å². The molecule has 0 aliphatic rings. The van der Waals surface area contributed by atoms with Crippen molar-refractivity contribution >= 4 is 27.3 Å². The average molecular weight is 375 g/mol. The molecule has 1 amide bonds. The molecule has 6 heteroatoms. The van der Waals surface area contributed by atoms with Gasteiger partial charge in [-0.3, -0.25) is 9.10 Å². The highest BCUT2D eigenvalue weighted by atomic mass is 32.2. The number of hydrogen-bond acceptors (Lipinski definition) is 3. The number of carbonyl (C=O) groups is 1. The maximum absolute atomic E-state index is 12.3. The fourth-order valence-electron chi connectivity index (χ4n) is 2.87. The minimum absolute atomic E-state index is 0.111. The molecule has 0 saturated heterocycles. The SMILES string of the molecule is Cc1cccc(N(CCCC(=O)Nc2c(C)cccc2C)S(C)(=O)=O)c1. The first-order valence-electron chi connectivity index (χ1n) is 8.59. The molecule has 0 aliphatic heterocycles. The van der Waals surface area contributed by atoms with Crippen LogP contribution in [0.5, 0.6) is 0 Å². The lowest BCUT2D eigenvalue weighted by atomic mass is 10.1. The molecule has 2 rings (SSSR count). The van der Waals surface area contributed by atoms with E-state index in [2.05, 4.69) is 5.32 Å². The molecule has 0 radical (unpaired) electrons. The highest BCUT2D eigenvalue weighted by Crippen LogP contribution is 2.21. The molecule has 0 bridgehead atoms. The van der Waals surface area contributed by atoms with Crippen molar-refractivity contribution in [3.05, 3.63) is 59.2 Å². The summed E-state index contributed by atoms with van der Waals surface area (Å²) in [6, 6.07) is 13.2. The standard InChI is InChI=1S/C20H26N2O3S/c1-15-8-5-11-18(14-15)22(26(4,24)25)13-7-12-19(23)21-20-16(2)9-6-10-17(20)3/h5-6,8-11,14H,7,12-13H2,1-4H3,(H,21,23). The van der Waals surface area contributed by atoms with Crippen molar-refractivity contribution < 1.29 is 13.2 Å². The molecule has 0 aromatic heterocycles. The van der Waals surface area contributed by atoms with Crippen LogP contribution in [-0.4, -0.2) is 27.1 Å². The van der Waals surface area contributed by atoms with Crippen LogP contribution in [-0.2, 0) is 14.8 Å². The largest absolute Gasteiger partial charge is 0.326 e. The first-order valence-corrected chi connectivity index (χ1v) is 10.4. The number of rotatable bonds is 7. The topological polar surface area (TPSA) is 66.5 Å². The monoisotopic (exact) mass is 374 g/mol. The molecule has 0 atom stereocenters. The number of nitrogens with one attached hydrogen (secondary N) is 1. The number of amides is 1. The fourth-order valence-corrected chi connectivity index (χ4v) is 3.82. The molecule has 140 valence electrons. The third-order valence-electron chi connectivity index (χ3n) is 4.20. The lowest BCUT2D eigenvalue weighted by Gasteiger charge is -2.22. The Hall–Kier alpha value is -2.34. The number of anilines is 2. The van der Waals surface area contributed by atoms with E-state index in [0.717, 1.165) is 22.4 Å². The summed E-state index contributed by atoms with van der Waals surface area (Å²) in [5.41, 5.74) is 4.47. The Morgan fingerprint density at radius 2 is 1.65 bits per heavy atom. The first-order chi connectivity index (χ1) is 12.2. The Morgan fingerprint density at radius 1 is 1.04 bits per heavy atom. The lowest BCUT2D eigenvalue weighted by Crippen LogP contribution is -2.31. The highest BCUT2D eigenvalue weighted by molar-refractivity contribution is 7.92. The van der Waals surface area contributed by atoms with Crippen molar-refractivity contribution in [3.63, 3.8) is 0 Å². The van der Waals surface area contributed by atoms with Crippen molar-refractivity contribution in [1.82, 2.24) is 0 Å². The van der Waals surface area contributed by atoms with E-state index in [1.54, 1.807) is 6.07 Å². The average Bonchev–Trinajstić information content (AvgIpc) is 2.54. The number of benzene rings is 2. The molecular formula is C20H26N2O3S. The predicted octanol–water partition coefficient (Wildman–Crippen LogP) is 3.80. The summed E-state index contributed by atoms with van der Waals surface area (Å²) < 4.78 is 25.6. The van der Waals surface area contributed by atoms with Crippen LogP contribution < -0.4 is 9.62 Å². The molecule has 0 fully saturated rings. The molecule has 0 aliphatic carbocycles. The van der Waals surface area contributed by atoms with Crippen LogP contribution in [0.1, 0.15) is 29.5 Å². The summed E-state index contributed by atoms with van der Waals surface area (Å²) in [5.74, 6) is -0.111. The second-order valence-electron chi connectivity index (χ2n) is 6.59. The van der Waals surface area contributed by atoms with Gasteiger partial charge in [-0.2, -0.15) is 0 Å². The quantitative estimate of drug-likeness (QED) is 0.802. The molecule has 26 heavy (non-hydrogen) atoms. The van der Waals surface area contributed by atoms with Crippen molar-refractivity contribution in [1.29, 1.82) is 0 Å². The summed E-state index contributed by atoms with van der Waals surface area (Å²) in [6.45, 7) is 6.09. The molecule has 0 spiro atoms. The van der Waals surface area contributed by atoms with Gasteiger partial charge in [0.15, 0.2) is 0 Å². The Labute approximate surface area is 156 Å². The highest BCUT2D eigenvalue weighted by Gasteiger charge is 2.18. The maximum atomic E-state index is 12.3. The van der Waals surface area contributed by atoms with Gasteiger partial charge in [0.05, 0.1) is 11.9 Å². The number of aryl methyl sites for hydroxylation is 3. The summed E-state index contributed by atoms with van der Waals surface area (Å²) in [7, 11) is -3.40. The van der Waals surface area contributed by atoms with Gasteiger partial charge in [0, 0.05) is 18.7 Å². The molecule has 2 aromatic rings. The zero-order valence-electron chi connectivity index (χ0n) is 15.7. The number of hydrogen-bond donors (Lipinski definition) is 1. The minimum atomic E-state index is -3.40. The molecular weight excluding hydrogens is 348 g/mol. The molecule has 0 heterocycles. The molecule has 1 N–H and O–H groups in total. The van der Waals surface area contributed by atoms with E-state index in [1.165, 1.54) is 10.6 Å². The number of nitrogens with zero attached hydrogens (tertiary/aromatic N) is 1. The fraction of sp³-hybridized carbons (Fsp3) is 0.350. The van der Waals surface area contributed by atoms with E-state index in [1.807, 2.05) is 57.2 Å². The Bertz CT molecular complexity index is 871. The van der Waals surface area contributed by atoms with Crippen LogP contribution in [0, 0.1) is 20.8 Å². The van der Waals surface area contributed by atoms with E-state index in [0.29, 0.717) is 12.1 Å². The predicted molar refractivity (Wildman–Crippen MR) is 107 cm³/mol. The van der Waals surface area contributed by atoms with Gasteiger partial charge < -0.3 is 5.32 Å². The van der Waals surface area contributed by atoms with Gasteiger partial charge in [-0.1, -0.05) is 30.3 Å². The van der Waals surface area contributed by atoms with Crippen molar-refractivity contribution in [2.45, 2.75) is 33.6 Å². The van der Waals surface area contributed by atoms with Gasteiger partial charge in [-0.05, 0) is 56.0 Å². The van der Waals surface area contributed by atoms with Gasteiger partial charge in [-0.25, -0.2) is 8.42 Å². The van der Waals surface area contributed by atoms with E-state index in [9.17, 15) is 13.2 Å². The van der Waals surface area contributed by atoms with Gasteiger partial charge in [0.25, 0.3) is 0 Å². The molecule has 0 unspecified atom stereocenters. The van der Waals surface area contributed by atoms with Crippen LogP contribution in [0.25, 0.3) is 0 Å².